The second-order valence-corrected chi connectivity index (χ2v) is 8.50. The Morgan fingerprint density at radius 2 is 2.03 bits per heavy atom. The highest BCUT2D eigenvalue weighted by Crippen LogP contribution is 2.35. The summed E-state index contributed by atoms with van der Waals surface area (Å²) in [6.45, 7) is 1.55. The van der Waals surface area contributed by atoms with E-state index in [1.54, 1.807) is 49.4 Å². The Labute approximate surface area is 204 Å². The minimum absolute atomic E-state index is 0.0713. The number of phenols is 1. The van der Waals surface area contributed by atoms with E-state index in [0.29, 0.717) is 31.9 Å². The van der Waals surface area contributed by atoms with Crippen LogP contribution in [0.2, 0.25) is 0 Å². The molecule has 10 heteroatoms. The van der Waals surface area contributed by atoms with E-state index in [9.17, 15) is 14.7 Å². The molecule has 1 aliphatic heterocycles. The summed E-state index contributed by atoms with van der Waals surface area (Å²) in [4.78, 5) is 31.3. The summed E-state index contributed by atoms with van der Waals surface area (Å²) in [7, 11) is 2.68. The van der Waals surface area contributed by atoms with E-state index in [4.69, 9.17) is 19.5 Å². The standard InChI is InChI=1S/C25H21N3O6S/c1-14-21(24(31)33-3)22(16-8-9-17(29)19(12-16)32-2)28-23(30)20(35-25(28)27-14)13-15-6-4-5-7-18(15)34-11-10-26/h4-9,12-13,22,29H,11H2,1-3H3/b20-13-. The van der Waals surface area contributed by atoms with Crippen LogP contribution in [0.1, 0.15) is 24.1 Å². The van der Waals surface area contributed by atoms with Crippen molar-refractivity contribution in [3.63, 3.8) is 0 Å². The van der Waals surface area contributed by atoms with Gasteiger partial charge in [-0.2, -0.15) is 5.26 Å². The number of hydrogen-bond acceptors (Lipinski definition) is 9. The van der Waals surface area contributed by atoms with E-state index in [0.717, 1.165) is 0 Å². The number of aromatic hydroxyl groups is 1. The number of carbonyl (C=O) groups excluding carboxylic acids is 1. The number of esters is 1. The number of aromatic nitrogens is 1. The van der Waals surface area contributed by atoms with Gasteiger partial charge in [-0.3, -0.25) is 9.36 Å². The van der Waals surface area contributed by atoms with E-state index in [2.05, 4.69) is 4.99 Å². The van der Waals surface area contributed by atoms with Crippen LogP contribution in [-0.2, 0) is 9.53 Å². The quantitative estimate of drug-likeness (QED) is 0.524. The number of para-hydroxylation sites is 1. The number of allylic oxidation sites excluding steroid dienone is 1. The normalized spacial score (nSPS) is 15.1. The molecule has 1 atom stereocenters. The molecule has 0 amide bonds. The van der Waals surface area contributed by atoms with Crippen molar-refractivity contribution < 1.29 is 24.1 Å². The molecular weight excluding hydrogens is 470 g/mol. The molecule has 1 unspecified atom stereocenters. The van der Waals surface area contributed by atoms with Crippen molar-refractivity contribution >= 4 is 23.4 Å². The lowest BCUT2D eigenvalue weighted by Gasteiger charge is -2.24. The van der Waals surface area contributed by atoms with Crippen LogP contribution in [-0.4, -0.2) is 36.5 Å². The van der Waals surface area contributed by atoms with Crippen molar-refractivity contribution in [1.29, 1.82) is 5.26 Å². The van der Waals surface area contributed by atoms with Gasteiger partial charge in [0.1, 0.15) is 11.8 Å². The fourth-order valence-electron chi connectivity index (χ4n) is 3.85. The maximum absolute atomic E-state index is 13.6. The third-order valence-electron chi connectivity index (χ3n) is 5.44. The zero-order valence-electron chi connectivity index (χ0n) is 19.1. The molecule has 0 radical (unpaired) electrons. The number of rotatable bonds is 6. The molecule has 0 fully saturated rings. The molecule has 178 valence electrons. The Hall–Kier alpha value is -4.36. The van der Waals surface area contributed by atoms with Crippen LogP contribution in [0.4, 0.5) is 0 Å². The Kier molecular flexibility index (Phi) is 6.71. The zero-order chi connectivity index (χ0) is 25.1. The number of phenolic OH excluding ortho intramolecular Hbond substituents is 1. The SMILES string of the molecule is COC(=O)C1=C(C)N=c2s/c(=C\c3ccccc3OCC#N)c(=O)n2C1c1ccc(O)c(OC)c1. The van der Waals surface area contributed by atoms with Crippen LogP contribution in [0.5, 0.6) is 17.2 Å². The predicted octanol–water partition coefficient (Wildman–Crippen LogP) is 2.02. The topological polar surface area (TPSA) is 123 Å². The predicted molar refractivity (Wildman–Crippen MR) is 128 cm³/mol. The largest absolute Gasteiger partial charge is 0.504 e. The fraction of sp³-hybridized carbons (Fsp3) is 0.200. The number of methoxy groups -OCH3 is 2. The molecule has 0 bridgehead atoms. The molecule has 2 aromatic carbocycles. The van der Waals surface area contributed by atoms with Crippen molar-refractivity contribution in [2.45, 2.75) is 13.0 Å². The molecule has 1 N–H and O–H groups in total. The van der Waals surface area contributed by atoms with Gasteiger partial charge in [0.25, 0.3) is 5.56 Å². The summed E-state index contributed by atoms with van der Waals surface area (Å²) >= 11 is 1.17. The van der Waals surface area contributed by atoms with Crippen LogP contribution in [0.15, 0.2) is 63.5 Å². The van der Waals surface area contributed by atoms with Gasteiger partial charge in [0.05, 0.1) is 36.1 Å². The van der Waals surface area contributed by atoms with E-state index in [1.165, 1.54) is 36.2 Å². The number of fused-ring (bicyclic) bond motifs is 1. The summed E-state index contributed by atoms with van der Waals surface area (Å²) in [6.07, 6.45) is 1.67. The van der Waals surface area contributed by atoms with E-state index in [-0.39, 0.29) is 29.2 Å². The van der Waals surface area contributed by atoms with Gasteiger partial charge in [0.15, 0.2) is 22.9 Å². The number of hydrogen-bond donors (Lipinski definition) is 1. The van der Waals surface area contributed by atoms with Crippen molar-refractivity contribution in [1.82, 2.24) is 4.57 Å². The summed E-state index contributed by atoms with van der Waals surface area (Å²) < 4.78 is 17.5. The van der Waals surface area contributed by atoms with E-state index >= 15 is 0 Å². The zero-order valence-corrected chi connectivity index (χ0v) is 20.0. The van der Waals surface area contributed by atoms with Crippen molar-refractivity contribution in [3.8, 4) is 23.3 Å². The monoisotopic (exact) mass is 491 g/mol. The van der Waals surface area contributed by atoms with E-state index < -0.39 is 12.0 Å². The first-order valence-corrected chi connectivity index (χ1v) is 11.3. The number of nitriles is 1. The Bertz CT molecular complexity index is 1560. The Morgan fingerprint density at radius 3 is 2.74 bits per heavy atom. The highest BCUT2D eigenvalue weighted by atomic mass is 32.1. The second-order valence-electron chi connectivity index (χ2n) is 7.49. The molecule has 35 heavy (non-hydrogen) atoms. The van der Waals surface area contributed by atoms with Crippen molar-refractivity contribution in [2.75, 3.05) is 20.8 Å². The van der Waals surface area contributed by atoms with Crippen LogP contribution in [0, 0.1) is 11.3 Å². The van der Waals surface area contributed by atoms with Crippen LogP contribution in [0.25, 0.3) is 6.08 Å². The summed E-state index contributed by atoms with van der Waals surface area (Å²) in [6, 6.07) is 12.8. The smallest absolute Gasteiger partial charge is 0.338 e. The average Bonchev–Trinajstić information content (AvgIpc) is 3.16. The van der Waals surface area contributed by atoms with Gasteiger partial charge < -0.3 is 19.3 Å². The second kappa shape index (κ2) is 9.87. The maximum atomic E-state index is 13.6. The van der Waals surface area contributed by atoms with Crippen LogP contribution < -0.4 is 24.4 Å². The van der Waals surface area contributed by atoms with Gasteiger partial charge in [-0.15, -0.1) is 0 Å². The van der Waals surface area contributed by atoms with Gasteiger partial charge in [0, 0.05) is 5.56 Å². The Morgan fingerprint density at radius 1 is 1.26 bits per heavy atom. The lowest BCUT2D eigenvalue weighted by molar-refractivity contribution is -0.136. The molecule has 0 saturated heterocycles. The molecule has 0 aliphatic carbocycles. The first-order chi connectivity index (χ1) is 16.9. The number of nitrogens with zero attached hydrogens (tertiary/aromatic N) is 3. The lowest BCUT2D eigenvalue weighted by Crippen LogP contribution is -2.39. The molecular formula is C25H21N3O6S. The van der Waals surface area contributed by atoms with Crippen LogP contribution in [0.3, 0.4) is 0 Å². The summed E-state index contributed by atoms with van der Waals surface area (Å²) in [5.74, 6) is -0.0241. The third-order valence-corrected chi connectivity index (χ3v) is 6.43. The molecule has 2 heterocycles. The summed E-state index contributed by atoms with van der Waals surface area (Å²) in [5, 5.41) is 18.9. The number of carbonyl (C=O) groups is 1. The van der Waals surface area contributed by atoms with Gasteiger partial charge in [0.2, 0.25) is 0 Å². The molecule has 0 saturated carbocycles. The van der Waals surface area contributed by atoms with Crippen molar-refractivity contribution in [3.05, 3.63) is 84.5 Å². The highest BCUT2D eigenvalue weighted by Gasteiger charge is 2.33. The van der Waals surface area contributed by atoms with Gasteiger partial charge in [-0.1, -0.05) is 35.6 Å². The fourth-order valence-corrected chi connectivity index (χ4v) is 4.89. The number of thiazole rings is 1. The molecule has 1 aromatic heterocycles. The van der Waals surface area contributed by atoms with Crippen molar-refractivity contribution in [2.24, 2.45) is 4.99 Å². The first-order valence-electron chi connectivity index (χ1n) is 10.5. The summed E-state index contributed by atoms with van der Waals surface area (Å²) in [5.41, 5.74) is 1.42. The van der Waals surface area contributed by atoms with E-state index in [1.807, 2.05) is 6.07 Å². The molecule has 0 spiro atoms. The molecule has 3 aromatic rings. The van der Waals surface area contributed by atoms with Gasteiger partial charge >= 0.3 is 5.97 Å². The number of benzene rings is 2. The highest BCUT2D eigenvalue weighted by molar-refractivity contribution is 7.07. The molecule has 4 rings (SSSR count). The third kappa shape index (κ3) is 4.41. The Balaban J connectivity index is 1.96. The minimum Gasteiger partial charge on any atom is -0.504 e. The first kappa shape index (κ1) is 23.8. The minimum atomic E-state index is -0.847. The average molecular weight is 492 g/mol. The number of ether oxygens (including phenoxy) is 3. The maximum Gasteiger partial charge on any atom is 0.338 e. The van der Waals surface area contributed by atoms with Gasteiger partial charge in [-0.05, 0) is 36.8 Å². The molecule has 1 aliphatic rings. The van der Waals surface area contributed by atoms with Gasteiger partial charge in [-0.25, -0.2) is 9.79 Å². The molecule has 9 nitrogen and oxygen atoms in total. The lowest BCUT2D eigenvalue weighted by atomic mass is 9.95. The van der Waals surface area contributed by atoms with Crippen LogP contribution >= 0.6 is 11.3 Å².